The number of nitrogens with two attached hydrogens (primary N) is 1. The number of benzene rings is 1. The molecule has 0 radical (unpaired) electrons. The Hall–Kier alpha value is -1.06. The van der Waals surface area contributed by atoms with E-state index in [9.17, 15) is 28.4 Å². The van der Waals surface area contributed by atoms with Gasteiger partial charge in [0, 0.05) is 30.2 Å². The Balaban J connectivity index is 0.00000361. The molecule has 5 nitrogen and oxygen atoms in total. The number of rotatable bonds is 4. The van der Waals surface area contributed by atoms with Crippen molar-refractivity contribution in [2.75, 3.05) is 0 Å². The van der Waals surface area contributed by atoms with Gasteiger partial charge in [-0.15, -0.1) is 12.4 Å². The van der Waals surface area contributed by atoms with Crippen molar-refractivity contribution >= 4 is 34.0 Å². The summed E-state index contributed by atoms with van der Waals surface area (Å²) in [6.45, 7) is 0. The lowest BCUT2D eigenvalue weighted by atomic mass is 10.0. The van der Waals surface area contributed by atoms with E-state index in [2.05, 4.69) is 15.9 Å². The lowest BCUT2D eigenvalue weighted by Gasteiger charge is -2.15. The normalized spacial score (nSPS) is 12.7. The minimum atomic E-state index is -4.37. The van der Waals surface area contributed by atoms with E-state index in [0.29, 0.717) is 0 Å². The van der Waals surface area contributed by atoms with E-state index in [1.165, 1.54) is 0 Å². The summed E-state index contributed by atoms with van der Waals surface area (Å²) < 4.78 is 36.3. The molecular formula is C10H11BrClF3N2O3. The lowest BCUT2D eigenvalue weighted by Crippen LogP contribution is -2.16. The molecule has 0 aliphatic rings. The van der Waals surface area contributed by atoms with Gasteiger partial charge in [-0.1, -0.05) is 0 Å². The summed E-state index contributed by atoms with van der Waals surface area (Å²) in [6, 6.07) is 0.883. The van der Waals surface area contributed by atoms with Crippen LogP contribution in [0, 0.1) is 10.1 Å². The first-order valence-electron chi connectivity index (χ1n) is 5.11. The largest absolute Gasteiger partial charge is 0.506 e. The number of hydrogen-bond acceptors (Lipinski definition) is 4. The highest BCUT2D eigenvalue weighted by Gasteiger charge is 2.29. The highest BCUT2D eigenvalue weighted by atomic mass is 79.9. The Bertz CT molecular complexity index is 499. The molecule has 20 heavy (non-hydrogen) atoms. The third-order valence-corrected chi connectivity index (χ3v) is 3.03. The molecule has 0 saturated heterocycles. The van der Waals surface area contributed by atoms with Gasteiger partial charge in [-0.2, -0.15) is 13.2 Å². The van der Waals surface area contributed by atoms with Crippen molar-refractivity contribution in [3.63, 3.8) is 0 Å². The van der Waals surface area contributed by atoms with Crippen molar-refractivity contribution in [1.29, 1.82) is 0 Å². The number of nitro groups is 1. The van der Waals surface area contributed by atoms with E-state index >= 15 is 0 Å². The van der Waals surface area contributed by atoms with Crippen LogP contribution in [-0.4, -0.2) is 16.2 Å². The van der Waals surface area contributed by atoms with Crippen LogP contribution in [0.3, 0.4) is 0 Å². The first-order chi connectivity index (χ1) is 8.61. The zero-order chi connectivity index (χ0) is 14.8. The maximum atomic E-state index is 12.1. The van der Waals surface area contributed by atoms with Crippen molar-refractivity contribution in [3.05, 3.63) is 32.3 Å². The smallest absolute Gasteiger partial charge is 0.389 e. The van der Waals surface area contributed by atoms with E-state index in [0.717, 1.165) is 12.1 Å². The molecule has 0 amide bonds. The average molecular weight is 380 g/mol. The van der Waals surface area contributed by atoms with E-state index < -0.39 is 30.0 Å². The molecule has 0 unspecified atom stereocenters. The van der Waals surface area contributed by atoms with Crippen molar-refractivity contribution in [2.24, 2.45) is 5.73 Å². The molecule has 1 atom stereocenters. The topological polar surface area (TPSA) is 89.4 Å². The molecule has 10 heteroatoms. The Morgan fingerprint density at radius 2 is 2.00 bits per heavy atom. The molecule has 0 saturated carbocycles. The van der Waals surface area contributed by atoms with Crippen molar-refractivity contribution in [2.45, 2.75) is 25.1 Å². The molecule has 0 aliphatic carbocycles. The Morgan fingerprint density at radius 1 is 1.45 bits per heavy atom. The predicted octanol–water partition coefficient (Wildman–Crippen LogP) is 3.83. The number of phenolic OH excluding ortho intramolecular Hbond substituents is 1. The highest BCUT2D eigenvalue weighted by Crippen LogP contribution is 2.37. The molecule has 0 aliphatic heterocycles. The Morgan fingerprint density at radius 3 is 2.45 bits per heavy atom. The number of alkyl halides is 3. The second-order valence-corrected chi connectivity index (χ2v) is 4.74. The number of nitro benzene ring substituents is 1. The van der Waals surface area contributed by atoms with Crippen LogP contribution >= 0.6 is 28.3 Å². The van der Waals surface area contributed by atoms with Gasteiger partial charge in [-0.3, -0.25) is 10.1 Å². The van der Waals surface area contributed by atoms with E-state index in [1.54, 1.807) is 0 Å². The van der Waals surface area contributed by atoms with Crippen molar-refractivity contribution in [3.8, 4) is 5.75 Å². The number of phenols is 1. The lowest BCUT2D eigenvalue weighted by molar-refractivity contribution is -0.385. The molecule has 0 heterocycles. The molecular weight excluding hydrogens is 368 g/mol. The van der Waals surface area contributed by atoms with Gasteiger partial charge in [0.15, 0.2) is 0 Å². The molecule has 1 rings (SSSR count). The number of nitrogens with zero attached hydrogens (tertiary/aromatic N) is 1. The van der Waals surface area contributed by atoms with Crippen LogP contribution < -0.4 is 5.73 Å². The Labute approximate surface area is 126 Å². The molecule has 0 spiro atoms. The predicted molar refractivity (Wildman–Crippen MR) is 71.9 cm³/mol. The quantitative estimate of drug-likeness (QED) is 0.614. The highest BCUT2D eigenvalue weighted by molar-refractivity contribution is 9.10. The minimum Gasteiger partial charge on any atom is -0.506 e. The van der Waals surface area contributed by atoms with E-state index in [4.69, 9.17) is 5.73 Å². The summed E-state index contributed by atoms with van der Waals surface area (Å²) in [7, 11) is 0. The number of hydrogen-bond donors (Lipinski definition) is 2. The fourth-order valence-corrected chi connectivity index (χ4v) is 1.93. The van der Waals surface area contributed by atoms with Crippen LogP contribution in [0.25, 0.3) is 0 Å². The van der Waals surface area contributed by atoms with Crippen LogP contribution in [0.15, 0.2) is 16.6 Å². The van der Waals surface area contributed by atoms with Gasteiger partial charge in [-0.05, 0) is 22.4 Å². The summed E-state index contributed by atoms with van der Waals surface area (Å²) in [5.74, 6) is -0.389. The van der Waals surface area contributed by atoms with Crippen LogP contribution in [0.2, 0.25) is 0 Å². The van der Waals surface area contributed by atoms with Gasteiger partial charge in [0.1, 0.15) is 5.75 Å². The molecule has 0 fully saturated rings. The van der Waals surface area contributed by atoms with Crippen LogP contribution in [0.5, 0.6) is 5.75 Å². The van der Waals surface area contributed by atoms with Gasteiger partial charge in [0.2, 0.25) is 0 Å². The summed E-state index contributed by atoms with van der Waals surface area (Å²) >= 11 is 2.89. The van der Waals surface area contributed by atoms with Gasteiger partial charge in [0.05, 0.1) is 9.40 Å². The number of aromatic hydroxyl groups is 1. The summed E-state index contributed by atoms with van der Waals surface area (Å²) in [5.41, 5.74) is 5.09. The van der Waals surface area contributed by atoms with Gasteiger partial charge in [-0.25, -0.2) is 0 Å². The zero-order valence-corrected chi connectivity index (χ0v) is 12.3. The third kappa shape index (κ3) is 5.14. The van der Waals surface area contributed by atoms with Crippen LogP contribution in [-0.2, 0) is 0 Å². The maximum absolute atomic E-state index is 12.1. The summed E-state index contributed by atoms with van der Waals surface area (Å²) in [5, 5.41) is 20.3. The Kier molecular flexibility index (Phi) is 6.72. The van der Waals surface area contributed by atoms with E-state index in [-0.39, 0.29) is 33.9 Å². The van der Waals surface area contributed by atoms with E-state index in [1.807, 2.05) is 0 Å². The first-order valence-corrected chi connectivity index (χ1v) is 5.90. The maximum Gasteiger partial charge on any atom is 0.389 e. The minimum absolute atomic E-state index is 0. The monoisotopic (exact) mass is 378 g/mol. The van der Waals surface area contributed by atoms with Crippen molar-refractivity contribution in [1.82, 2.24) is 0 Å². The molecule has 1 aromatic carbocycles. The standard InChI is InChI=1S/C10H10BrF3N2O3.ClH/c11-7-4-5(16(18)19)3-6(9(7)17)8(15)1-2-10(12,13)14;/h3-4,8,17H,1-2,15H2;1H/t8-;/m0./s1. The zero-order valence-electron chi connectivity index (χ0n) is 9.85. The summed E-state index contributed by atoms with van der Waals surface area (Å²) in [4.78, 5) is 9.92. The molecule has 3 N–H and O–H groups in total. The first kappa shape index (κ1) is 18.9. The fraction of sp³-hybridized carbons (Fsp3) is 0.400. The van der Waals surface area contributed by atoms with Gasteiger partial charge in [0.25, 0.3) is 5.69 Å². The second-order valence-electron chi connectivity index (χ2n) is 3.88. The van der Waals surface area contributed by atoms with Crippen LogP contribution in [0.1, 0.15) is 24.4 Å². The van der Waals surface area contributed by atoms with Crippen molar-refractivity contribution < 1.29 is 23.2 Å². The molecule has 0 aromatic heterocycles. The fourth-order valence-electron chi connectivity index (χ4n) is 1.47. The van der Waals surface area contributed by atoms with Crippen LogP contribution in [0.4, 0.5) is 18.9 Å². The molecule has 1 aromatic rings. The average Bonchev–Trinajstić information content (AvgIpc) is 2.28. The number of halogens is 5. The van der Waals surface area contributed by atoms with Gasteiger partial charge >= 0.3 is 6.18 Å². The van der Waals surface area contributed by atoms with Gasteiger partial charge < -0.3 is 10.8 Å². The number of non-ortho nitro benzene ring substituents is 1. The third-order valence-electron chi connectivity index (χ3n) is 2.43. The summed E-state index contributed by atoms with van der Waals surface area (Å²) in [6.07, 6.45) is -5.97. The second kappa shape index (κ2) is 7.09. The SMILES string of the molecule is Cl.N[C@@H](CCC(F)(F)F)c1cc([N+](=O)[O-])cc(Br)c1O. The molecule has 114 valence electrons. The molecule has 0 bridgehead atoms.